The third-order valence-electron chi connectivity index (χ3n) is 2.81. The van der Waals surface area contributed by atoms with E-state index >= 15 is 0 Å². The predicted molar refractivity (Wildman–Crippen MR) is 80.5 cm³/mol. The van der Waals surface area contributed by atoms with E-state index in [4.69, 9.17) is 0 Å². The van der Waals surface area contributed by atoms with Gasteiger partial charge in [0.25, 0.3) is 10.0 Å². The van der Waals surface area contributed by atoms with Gasteiger partial charge in [-0.05, 0) is 38.0 Å². The zero-order chi connectivity index (χ0) is 15.8. The molecule has 1 aromatic heterocycles. The highest BCUT2D eigenvalue weighted by Gasteiger charge is 2.22. The molecule has 2 N–H and O–H groups in total. The lowest BCUT2D eigenvalue weighted by Crippen LogP contribution is -2.16. The molecule has 1 aromatic carbocycles. The molecule has 0 aliphatic rings. The molecular weight excluding hydrogens is 312 g/mol. The van der Waals surface area contributed by atoms with E-state index in [0.29, 0.717) is 10.6 Å². The number of nitrogens with zero attached hydrogens (tertiary/aromatic N) is 1. The molecule has 0 aliphatic heterocycles. The highest BCUT2D eigenvalue weighted by atomic mass is 32.2. The van der Waals surface area contributed by atoms with Crippen molar-refractivity contribution in [3.63, 3.8) is 0 Å². The molecule has 2 rings (SSSR count). The van der Waals surface area contributed by atoms with E-state index in [-0.39, 0.29) is 15.5 Å². The van der Waals surface area contributed by atoms with Crippen LogP contribution in [0.15, 0.2) is 22.5 Å². The van der Waals surface area contributed by atoms with E-state index in [1.165, 1.54) is 12.3 Å². The summed E-state index contributed by atoms with van der Waals surface area (Å²) in [5, 5.41) is 9.86. The fourth-order valence-corrected chi connectivity index (χ4v) is 4.18. The molecule has 0 saturated carbocycles. The van der Waals surface area contributed by atoms with Crippen molar-refractivity contribution < 1.29 is 18.3 Å². The summed E-state index contributed by atoms with van der Waals surface area (Å²) in [6.45, 7) is 5.11. The van der Waals surface area contributed by atoms with Crippen LogP contribution >= 0.6 is 11.3 Å². The molecule has 0 spiro atoms. The molecule has 8 heteroatoms. The molecule has 0 unspecified atom stereocenters. The third kappa shape index (κ3) is 3.22. The Morgan fingerprint density at radius 3 is 2.48 bits per heavy atom. The van der Waals surface area contributed by atoms with Crippen molar-refractivity contribution in [2.45, 2.75) is 25.0 Å². The van der Waals surface area contributed by atoms with E-state index in [1.54, 1.807) is 26.8 Å². The maximum atomic E-state index is 12.3. The van der Waals surface area contributed by atoms with Crippen LogP contribution < -0.4 is 4.72 Å². The Bertz CT molecular complexity index is 810. The number of benzene rings is 1. The first-order valence-corrected chi connectivity index (χ1v) is 8.30. The predicted octanol–water partition coefficient (Wildman–Crippen LogP) is 2.57. The van der Waals surface area contributed by atoms with Crippen LogP contribution in [0.1, 0.15) is 26.5 Å². The minimum absolute atomic E-state index is 0.0521. The molecule has 0 radical (unpaired) electrons. The fraction of sp³-hybridized carbons (Fsp3) is 0.231. The van der Waals surface area contributed by atoms with Gasteiger partial charge in [-0.1, -0.05) is 6.07 Å². The summed E-state index contributed by atoms with van der Waals surface area (Å²) in [6.07, 6.45) is 1.26. The summed E-state index contributed by atoms with van der Waals surface area (Å²) in [6, 6.07) is 3.16. The molecule has 0 aliphatic carbocycles. The molecular formula is C13H14N2O4S2. The second kappa shape index (κ2) is 5.45. The number of rotatable bonds is 4. The number of aromatic carboxylic acids is 1. The average molecular weight is 326 g/mol. The lowest BCUT2D eigenvalue weighted by Gasteiger charge is -2.13. The molecule has 0 amide bonds. The Balaban J connectivity index is 2.51. The zero-order valence-electron chi connectivity index (χ0n) is 11.7. The van der Waals surface area contributed by atoms with Crippen LogP contribution in [0.2, 0.25) is 0 Å². The minimum Gasteiger partial charge on any atom is -0.478 e. The minimum atomic E-state index is -3.84. The second-order valence-electron chi connectivity index (χ2n) is 4.61. The van der Waals surface area contributed by atoms with Crippen molar-refractivity contribution in [3.8, 4) is 0 Å². The number of carboxylic acids is 1. The summed E-state index contributed by atoms with van der Waals surface area (Å²) >= 11 is 1.03. The smallest absolute Gasteiger partial charge is 0.337 e. The molecule has 1 heterocycles. The van der Waals surface area contributed by atoms with Gasteiger partial charge in [0, 0.05) is 0 Å². The molecule has 112 valence electrons. The lowest BCUT2D eigenvalue weighted by atomic mass is 10.0. The van der Waals surface area contributed by atoms with Crippen molar-refractivity contribution in [2.75, 3.05) is 4.72 Å². The van der Waals surface area contributed by atoms with Crippen molar-refractivity contribution in [1.82, 2.24) is 4.98 Å². The summed E-state index contributed by atoms with van der Waals surface area (Å²) < 4.78 is 27.0. The van der Waals surface area contributed by atoms with Crippen molar-refractivity contribution in [2.24, 2.45) is 0 Å². The van der Waals surface area contributed by atoms with Crippen LogP contribution in [-0.4, -0.2) is 24.5 Å². The Labute approximate surface area is 126 Å². The number of hydrogen-bond donors (Lipinski definition) is 2. The molecule has 21 heavy (non-hydrogen) atoms. The van der Waals surface area contributed by atoms with Crippen LogP contribution in [0.5, 0.6) is 0 Å². The van der Waals surface area contributed by atoms with Crippen molar-refractivity contribution >= 4 is 33.0 Å². The van der Waals surface area contributed by atoms with Crippen molar-refractivity contribution in [3.05, 3.63) is 40.0 Å². The molecule has 0 saturated heterocycles. The summed E-state index contributed by atoms with van der Waals surface area (Å²) in [5.41, 5.74) is 1.31. The van der Waals surface area contributed by atoms with Crippen molar-refractivity contribution in [1.29, 1.82) is 0 Å². The van der Waals surface area contributed by atoms with Crippen LogP contribution in [0.4, 0.5) is 5.69 Å². The van der Waals surface area contributed by atoms with Crippen LogP contribution in [-0.2, 0) is 10.0 Å². The van der Waals surface area contributed by atoms with Gasteiger partial charge >= 0.3 is 5.97 Å². The van der Waals surface area contributed by atoms with Gasteiger partial charge < -0.3 is 5.11 Å². The number of hydrogen-bond acceptors (Lipinski definition) is 5. The van der Waals surface area contributed by atoms with Gasteiger partial charge in [-0.15, -0.1) is 11.3 Å². The first-order chi connectivity index (χ1) is 9.70. The highest BCUT2D eigenvalue weighted by molar-refractivity contribution is 7.94. The van der Waals surface area contributed by atoms with E-state index < -0.39 is 16.0 Å². The monoisotopic (exact) mass is 326 g/mol. The maximum Gasteiger partial charge on any atom is 0.337 e. The lowest BCUT2D eigenvalue weighted by molar-refractivity contribution is 0.0698. The van der Waals surface area contributed by atoms with Gasteiger partial charge in [0.1, 0.15) is 0 Å². The normalized spacial score (nSPS) is 11.4. The Hall–Kier alpha value is -1.93. The van der Waals surface area contributed by atoms with Gasteiger partial charge in [-0.3, -0.25) is 4.72 Å². The molecule has 6 nitrogen and oxygen atoms in total. The Morgan fingerprint density at radius 1 is 1.29 bits per heavy atom. The van der Waals surface area contributed by atoms with E-state index in [1.807, 2.05) is 0 Å². The summed E-state index contributed by atoms with van der Waals surface area (Å²) in [7, 11) is -3.84. The summed E-state index contributed by atoms with van der Waals surface area (Å²) in [4.78, 5) is 15.2. The molecule has 2 aromatic rings. The number of nitrogens with one attached hydrogen (secondary N) is 1. The topological polar surface area (TPSA) is 96.4 Å². The van der Waals surface area contributed by atoms with E-state index in [2.05, 4.69) is 9.71 Å². The number of sulfonamides is 1. The third-order valence-corrected chi connectivity index (χ3v) is 5.54. The van der Waals surface area contributed by atoms with Gasteiger partial charge in [-0.2, -0.15) is 0 Å². The highest BCUT2D eigenvalue weighted by Crippen LogP contribution is 2.27. The fourth-order valence-electron chi connectivity index (χ4n) is 1.92. The largest absolute Gasteiger partial charge is 0.478 e. The van der Waals surface area contributed by atoms with E-state index in [9.17, 15) is 18.3 Å². The number of anilines is 1. The molecule has 0 bridgehead atoms. The first-order valence-electron chi connectivity index (χ1n) is 6.00. The first kappa shape index (κ1) is 15.5. The number of aromatic nitrogens is 1. The van der Waals surface area contributed by atoms with Crippen LogP contribution in [0, 0.1) is 20.8 Å². The van der Waals surface area contributed by atoms with Gasteiger partial charge in [0.2, 0.25) is 0 Å². The SMILES string of the molecule is Cc1cc(C)c(NS(=O)(=O)c2cnc(C)s2)c(C(=O)O)c1. The molecule has 0 atom stereocenters. The van der Waals surface area contributed by atoms with Crippen LogP contribution in [0.3, 0.4) is 0 Å². The second-order valence-corrected chi connectivity index (χ2v) is 7.76. The Morgan fingerprint density at radius 2 is 1.95 bits per heavy atom. The number of carboxylic acid groups (broad SMARTS) is 1. The number of thiazole rings is 1. The number of carbonyl (C=O) groups is 1. The van der Waals surface area contributed by atoms with E-state index in [0.717, 1.165) is 16.9 Å². The Kier molecular flexibility index (Phi) is 4.02. The van der Waals surface area contributed by atoms with Gasteiger partial charge in [0.15, 0.2) is 4.21 Å². The maximum absolute atomic E-state index is 12.3. The van der Waals surface area contributed by atoms with Gasteiger partial charge in [0.05, 0.1) is 22.5 Å². The average Bonchev–Trinajstić information content (AvgIpc) is 2.79. The van der Waals surface area contributed by atoms with Gasteiger partial charge in [-0.25, -0.2) is 18.2 Å². The van der Waals surface area contributed by atoms with Crippen LogP contribution in [0.25, 0.3) is 0 Å². The zero-order valence-corrected chi connectivity index (χ0v) is 13.3. The number of aryl methyl sites for hydroxylation is 3. The summed E-state index contributed by atoms with van der Waals surface area (Å²) in [5.74, 6) is -1.18. The standard InChI is InChI=1S/C13H14N2O4S2/c1-7-4-8(2)12(10(5-7)13(16)17)15-21(18,19)11-6-14-9(3)20-11/h4-6,15H,1-3H3,(H,16,17). The molecule has 0 fully saturated rings. The quantitative estimate of drug-likeness (QED) is 0.900.